The van der Waals surface area contributed by atoms with Gasteiger partial charge in [-0.15, -0.1) is 0 Å². The van der Waals surface area contributed by atoms with Crippen LogP contribution < -0.4 is 14.8 Å². The number of anilines is 1. The maximum atomic E-state index is 11.2. The number of ether oxygens (including phenoxy) is 2. The lowest BCUT2D eigenvalue weighted by molar-refractivity contribution is -0.114. The van der Waals surface area contributed by atoms with Crippen molar-refractivity contribution in [3.63, 3.8) is 0 Å². The Kier molecular flexibility index (Phi) is 2.67. The van der Waals surface area contributed by atoms with Crippen molar-refractivity contribution >= 4 is 28.5 Å². The van der Waals surface area contributed by atoms with Crippen LogP contribution in [0.2, 0.25) is 0 Å². The molecule has 1 aromatic carbocycles. The predicted molar refractivity (Wildman–Crippen MR) is 69.1 cm³/mol. The van der Waals surface area contributed by atoms with Crippen LogP contribution in [0, 0.1) is 0 Å². The number of hydrogen-bond donors (Lipinski definition) is 2. The zero-order valence-electron chi connectivity index (χ0n) is 10.5. The topological polar surface area (TPSA) is 97.8 Å². The SMILES string of the molecule is CC(=O)Nc1cc(C(=O)O)nc2cc3c(cc12)OCO3. The van der Waals surface area contributed by atoms with Crippen LogP contribution in [-0.4, -0.2) is 28.8 Å². The molecule has 0 radical (unpaired) electrons. The van der Waals surface area contributed by atoms with Crippen molar-refractivity contribution in [3.8, 4) is 11.5 Å². The minimum Gasteiger partial charge on any atom is -0.477 e. The summed E-state index contributed by atoms with van der Waals surface area (Å²) in [5.74, 6) is -0.432. The number of carbonyl (C=O) groups excluding carboxylic acids is 1. The van der Waals surface area contributed by atoms with Crippen molar-refractivity contribution in [2.45, 2.75) is 6.92 Å². The highest BCUT2D eigenvalue weighted by Crippen LogP contribution is 2.38. The van der Waals surface area contributed by atoms with Crippen molar-refractivity contribution in [2.75, 3.05) is 12.1 Å². The van der Waals surface area contributed by atoms with Crippen molar-refractivity contribution < 1.29 is 24.2 Å². The Hall–Kier alpha value is -2.83. The van der Waals surface area contributed by atoms with E-state index in [4.69, 9.17) is 14.6 Å². The summed E-state index contributed by atoms with van der Waals surface area (Å²) in [6, 6.07) is 4.57. The lowest BCUT2D eigenvalue weighted by Crippen LogP contribution is -2.09. The van der Waals surface area contributed by atoms with Gasteiger partial charge in [0, 0.05) is 18.4 Å². The lowest BCUT2D eigenvalue weighted by atomic mass is 10.1. The van der Waals surface area contributed by atoms with Crippen molar-refractivity contribution in [1.29, 1.82) is 0 Å². The minimum absolute atomic E-state index is 0.104. The molecule has 2 aromatic rings. The number of nitrogens with one attached hydrogen (secondary N) is 1. The van der Waals surface area contributed by atoms with Crippen molar-refractivity contribution in [1.82, 2.24) is 4.98 Å². The second-order valence-corrected chi connectivity index (χ2v) is 4.26. The number of carboxylic acids is 1. The molecule has 7 heteroatoms. The fourth-order valence-electron chi connectivity index (χ4n) is 2.02. The van der Waals surface area contributed by atoms with Gasteiger partial charge in [0.25, 0.3) is 0 Å². The van der Waals surface area contributed by atoms with Gasteiger partial charge in [0.15, 0.2) is 17.2 Å². The predicted octanol–water partition coefficient (Wildman–Crippen LogP) is 1.62. The second-order valence-electron chi connectivity index (χ2n) is 4.26. The largest absolute Gasteiger partial charge is 0.477 e. The van der Waals surface area contributed by atoms with E-state index in [0.29, 0.717) is 28.1 Å². The molecule has 0 saturated heterocycles. The number of aromatic carboxylic acids is 1. The molecule has 2 N–H and O–H groups in total. The van der Waals surface area contributed by atoms with Crippen LogP contribution in [0.1, 0.15) is 17.4 Å². The smallest absolute Gasteiger partial charge is 0.354 e. The third kappa shape index (κ3) is 1.99. The monoisotopic (exact) mass is 274 g/mol. The van der Waals surface area contributed by atoms with Gasteiger partial charge in [-0.05, 0) is 12.1 Å². The molecule has 1 aromatic heterocycles. The van der Waals surface area contributed by atoms with Gasteiger partial charge >= 0.3 is 5.97 Å². The Morgan fingerprint density at radius 3 is 2.60 bits per heavy atom. The van der Waals surface area contributed by atoms with Crippen LogP contribution in [0.3, 0.4) is 0 Å². The van der Waals surface area contributed by atoms with Gasteiger partial charge in [-0.3, -0.25) is 4.79 Å². The minimum atomic E-state index is -1.17. The molecule has 7 nitrogen and oxygen atoms in total. The molecular weight excluding hydrogens is 264 g/mol. The summed E-state index contributed by atoms with van der Waals surface area (Å²) in [5, 5.41) is 12.3. The van der Waals surface area contributed by atoms with E-state index in [1.54, 1.807) is 12.1 Å². The molecular formula is C13H10N2O5. The van der Waals surface area contributed by atoms with Gasteiger partial charge in [0.2, 0.25) is 12.7 Å². The molecule has 1 aliphatic heterocycles. The Labute approximate surface area is 113 Å². The Morgan fingerprint density at radius 1 is 1.25 bits per heavy atom. The molecule has 0 unspecified atom stereocenters. The first-order valence-corrected chi connectivity index (χ1v) is 5.80. The molecule has 20 heavy (non-hydrogen) atoms. The quantitative estimate of drug-likeness (QED) is 0.863. The maximum Gasteiger partial charge on any atom is 0.354 e. The van der Waals surface area contributed by atoms with Gasteiger partial charge in [-0.25, -0.2) is 9.78 Å². The number of carboxylic acid groups (broad SMARTS) is 1. The van der Waals surface area contributed by atoms with Gasteiger partial charge < -0.3 is 19.9 Å². The number of hydrogen-bond acceptors (Lipinski definition) is 5. The van der Waals surface area contributed by atoms with E-state index >= 15 is 0 Å². The van der Waals surface area contributed by atoms with E-state index in [0.717, 1.165) is 0 Å². The fourth-order valence-corrected chi connectivity index (χ4v) is 2.02. The zero-order chi connectivity index (χ0) is 14.3. The molecule has 0 saturated carbocycles. The summed E-state index contributed by atoms with van der Waals surface area (Å²) < 4.78 is 10.5. The van der Waals surface area contributed by atoms with Gasteiger partial charge in [-0.1, -0.05) is 0 Å². The average Bonchev–Trinajstić information content (AvgIpc) is 2.82. The third-order valence-corrected chi connectivity index (χ3v) is 2.83. The molecule has 102 valence electrons. The number of amides is 1. The van der Waals surface area contributed by atoms with Crippen LogP contribution in [0.15, 0.2) is 18.2 Å². The van der Waals surface area contributed by atoms with E-state index in [-0.39, 0.29) is 18.4 Å². The van der Waals surface area contributed by atoms with E-state index in [2.05, 4.69) is 10.3 Å². The maximum absolute atomic E-state index is 11.2. The van der Waals surface area contributed by atoms with E-state index in [9.17, 15) is 9.59 Å². The second kappa shape index (κ2) is 4.37. The molecule has 0 fully saturated rings. The summed E-state index contributed by atoms with van der Waals surface area (Å²) in [4.78, 5) is 26.4. The molecule has 0 atom stereocenters. The number of aromatic nitrogens is 1. The van der Waals surface area contributed by atoms with E-state index in [1.807, 2.05) is 0 Å². The number of benzene rings is 1. The van der Waals surface area contributed by atoms with Crippen LogP contribution in [0.5, 0.6) is 11.5 Å². The molecule has 1 amide bonds. The van der Waals surface area contributed by atoms with Crippen molar-refractivity contribution in [2.24, 2.45) is 0 Å². The third-order valence-electron chi connectivity index (χ3n) is 2.83. The summed E-state index contributed by atoms with van der Waals surface area (Å²) in [6.07, 6.45) is 0. The zero-order valence-corrected chi connectivity index (χ0v) is 10.5. The van der Waals surface area contributed by atoms with Crippen molar-refractivity contribution in [3.05, 3.63) is 23.9 Å². The number of nitrogens with zero attached hydrogens (tertiary/aromatic N) is 1. The molecule has 0 aliphatic carbocycles. The summed E-state index contributed by atoms with van der Waals surface area (Å²) in [6.45, 7) is 1.45. The van der Waals surface area contributed by atoms with E-state index in [1.165, 1.54) is 13.0 Å². The molecule has 0 bridgehead atoms. The number of carbonyl (C=O) groups is 2. The normalized spacial score (nSPS) is 12.4. The average molecular weight is 274 g/mol. The first-order valence-electron chi connectivity index (χ1n) is 5.80. The van der Waals surface area contributed by atoms with Gasteiger partial charge in [0.1, 0.15) is 0 Å². The first kappa shape index (κ1) is 12.2. The summed E-state index contributed by atoms with van der Waals surface area (Å²) >= 11 is 0. The van der Waals surface area contributed by atoms with Crippen LogP contribution >= 0.6 is 0 Å². The van der Waals surface area contributed by atoms with Gasteiger partial charge in [-0.2, -0.15) is 0 Å². The Balaban J connectivity index is 2.27. The highest BCUT2D eigenvalue weighted by atomic mass is 16.7. The highest BCUT2D eigenvalue weighted by Gasteiger charge is 2.18. The highest BCUT2D eigenvalue weighted by molar-refractivity contribution is 6.03. The number of pyridine rings is 1. The Bertz CT molecular complexity index is 741. The standard InChI is InChI=1S/C13H10N2O5/c1-6(16)14-8-3-10(13(17)18)15-9-4-12-11(2-7(8)9)19-5-20-12/h2-4H,5H2,1H3,(H,17,18)(H,14,15,16). The van der Waals surface area contributed by atoms with Crippen LogP contribution in [0.25, 0.3) is 10.9 Å². The number of rotatable bonds is 2. The van der Waals surface area contributed by atoms with Gasteiger partial charge in [0.05, 0.1) is 11.2 Å². The molecule has 2 heterocycles. The molecule has 1 aliphatic rings. The molecule has 3 rings (SSSR count). The molecule has 0 spiro atoms. The van der Waals surface area contributed by atoms with Crippen LogP contribution in [0.4, 0.5) is 5.69 Å². The summed E-state index contributed by atoms with van der Waals surface area (Å²) in [5.41, 5.74) is 0.635. The number of fused-ring (bicyclic) bond motifs is 2. The first-order chi connectivity index (χ1) is 9.54. The van der Waals surface area contributed by atoms with Crippen LogP contribution in [-0.2, 0) is 4.79 Å². The lowest BCUT2D eigenvalue weighted by Gasteiger charge is -2.09. The fraction of sp³-hybridized carbons (Fsp3) is 0.154. The summed E-state index contributed by atoms with van der Waals surface area (Å²) in [7, 11) is 0. The Morgan fingerprint density at radius 2 is 1.95 bits per heavy atom. The van der Waals surface area contributed by atoms with E-state index < -0.39 is 5.97 Å².